The highest BCUT2D eigenvalue weighted by Crippen LogP contribution is 2.40. The van der Waals surface area contributed by atoms with Gasteiger partial charge in [-0.15, -0.1) is 0 Å². The van der Waals surface area contributed by atoms with E-state index in [9.17, 15) is 32.4 Å². The van der Waals surface area contributed by atoms with Gasteiger partial charge >= 0.3 is 6.03 Å². The molecular formula is C34H60N6O7S. The van der Waals surface area contributed by atoms with Crippen molar-refractivity contribution in [1.29, 1.82) is 0 Å². The summed E-state index contributed by atoms with van der Waals surface area (Å²) < 4.78 is 26.6. The number of sulfonamides is 1. The first kappa shape index (κ1) is 39.7. The zero-order chi connectivity index (χ0) is 36.0. The molecule has 0 bridgehead atoms. The number of Topliss-reactive ketones (excluding diaryl/α,β-unsaturated/α-hetero) is 1. The largest absolute Gasteiger partial charge is 0.353 e. The Kier molecular flexibility index (Phi) is 13.5. The molecule has 0 spiro atoms. The van der Waals surface area contributed by atoms with E-state index < -0.39 is 63.2 Å². The van der Waals surface area contributed by atoms with Crippen LogP contribution in [0.3, 0.4) is 0 Å². The van der Waals surface area contributed by atoms with Crippen LogP contribution in [0.4, 0.5) is 4.79 Å². The predicted molar refractivity (Wildman–Crippen MR) is 184 cm³/mol. The molecule has 0 aromatic carbocycles. The summed E-state index contributed by atoms with van der Waals surface area (Å²) in [5.41, 5.74) is -0.831. The zero-order valence-corrected chi connectivity index (χ0v) is 31.1. The average Bonchev–Trinajstić information content (AvgIpc) is 3.61. The Morgan fingerprint density at radius 3 is 2.02 bits per heavy atom. The van der Waals surface area contributed by atoms with Gasteiger partial charge in [0.1, 0.15) is 12.1 Å². The molecule has 5 amide bonds. The van der Waals surface area contributed by atoms with Gasteiger partial charge in [0.2, 0.25) is 27.6 Å². The van der Waals surface area contributed by atoms with E-state index in [-0.39, 0.29) is 41.9 Å². The number of rotatable bonds is 12. The lowest BCUT2D eigenvalue weighted by molar-refractivity contribution is -0.144. The maximum atomic E-state index is 14.6. The molecular weight excluding hydrogens is 636 g/mol. The van der Waals surface area contributed by atoms with Gasteiger partial charge in [0, 0.05) is 32.7 Å². The summed E-state index contributed by atoms with van der Waals surface area (Å²) in [5.74, 6) is -2.62. The van der Waals surface area contributed by atoms with Gasteiger partial charge in [-0.1, -0.05) is 74.1 Å². The fraction of sp³-hybridized carbons (Fsp3) is 0.853. The molecule has 2 aliphatic heterocycles. The topological polar surface area (TPSA) is 174 Å². The lowest BCUT2D eigenvalue weighted by Crippen LogP contribution is -2.61. The minimum Gasteiger partial charge on any atom is -0.353 e. The van der Waals surface area contributed by atoms with Crippen LogP contribution >= 0.6 is 0 Å². The molecule has 1 unspecified atom stereocenters. The number of hydrogen-bond donors (Lipinski definition) is 4. The summed E-state index contributed by atoms with van der Waals surface area (Å²) in [7, 11) is -2.01. The van der Waals surface area contributed by atoms with E-state index in [2.05, 4.69) is 21.3 Å². The number of carbonyl (C=O) groups is 5. The van der Waals surface area contributed by atoms with Crippen LogP contribution in [-0.2, 0) is 29.2 Å². The van der Waals surface area contributed by atoms with Crippen LogP contribution in [0.5, 0.6) is 0 Å². The normalized spacial score (nSPS) is 24.0. The molecule has 2 saturated heterocycles. The standard InChI is InChI=1S/C34H60N6O7S/c1-9-14-24(28(41)30(43)35-8)36-29(42)27-23(33(2,3)4)17-19-40(27)31(44)26(22-15-11-10-12-16-22)38-32(45)37-25(34(5,6)7)21-39-18-13-20-48(39,46)47/h22-27H,9-21H2,1-8H3,(H,35,43)(H,36,42)(H2,37,38,45)/t23-,24?,25+,26-,27-/m0/s1. The second kappa shape index (κ2) is 16.3. The first-order chi connectivity index (χ1) is 22.3. The molecule has 0 aromatic rings. The van der Waals surface area contributed by atoms with Crippen molar-refractivity contribution < 1.29 is 32.4 Å². The first-order valence-corrected chi connectivity index (χ1v) is 19.3. The number of likely N-dealkylation sites (tertiary alicyclic amines) is 1. The maximum Gasteiger partial charge on any atom is 0.315 e. The molecule has 3 rings (SSSR count). The van der Waals surface area contributed by atoms with Gasteiger partial charge in [-0.05, 0) is 54.8 Å². The molecule has 14 heteroatoms. The van der Waals surface area contributed by atoms with Crippen LogP contribution in [0.15, 0.2) is 0 Å². The molecule has 274 valence electrons. The van der Waals surface area contributed by atoms with Crippen LogP contribution in [-0.4, -0.2) is 104 Å². The molecule has 13 nitrogen and oxygen atoms in total. The van der Waals surface area contributed by atoms with Crippen LogP contribution in [0.25, 0.3) is 0 Å². The van der Waals surface area contributed by atoms with Gasteiger partial charge in [0.25, 0.3) is 5.91 Å². The van der Waals surface area contributed by atoms with E-state index in [1.807, 2.05) is 48.5 Å². The Labute approximate surface area is 287 Å². The highest BCUT2D eigenvalue weighted by atomic mass is 32.2. The van der Waals surface area contributed by atoms with E-state index in [0.29, 0.717) is 32.4 Å². The molecule has 3 aliphatic rings. The van der Waals surface area contributed by atoms with Gasteiger partial charge in [0.15, 0.2) is 0 Å². The summed E-state index contributed by atoms with van der Waals surface area (Å²) in [6.45, 7) is 14.6. The van der Waals surface area contributed by atoms with E-state index >= 15 is 0 Å². The third-order valence-corrected chi connectivity index (χ3v) is 12.3. The summed E-state index contributed by atoms with van der Waals surface area (Å²) >= 11 is 0. The molecule has 48 heavy (non-hydrogen) atoms. The van der Waals surface area contributed by atoms with Crippen LogP contribution < -0.4 is 21.3 Å². The van der Waals surface area contributed by atoms with Crippen molar-refractivity contribution in [2.24, 2.45) is 22.7 Å². The number of amides is 5. The Morgan fingerprint density at radius 1 is 0.854 bits per heavy atom. The number of carbonyl (C=O) groups excluding carboxylic acids is 5. The Hall–Kier alpha value is -2.74. The molecule has 1 saturated carbocycles. The summed E-state index contributed by atoms with van der Waals surface area (Å²) in [6.07, 6.45) is 6.33. The highest BCUT2D eigenvalue weighted by molar-refractivity contribution is 7.89. The fourth-order valence-electron chi connectivity index (χ4n) is 7.37. The number of nitrogens with one attached hydrogen (secondary N) is 4. The van der Waals surface area contributed by atoms with Crippen molar-refractivity contribution in [2.75, 3.05) is 32.4 Å². The van der Waals surface area contributed by atoms with E-state index in [0.717, 1.165) is 32.1 Å². The number of nitrogens with zero attached hydrogens (tertiary/aromatic N) is 2. The summed E-state index contributed by atoms with van der Waals surface area (Å²) in [4.78, 5) is 69.0. The van der Waals surface area contributed by atoms with Gasteiger partial charge in [-0.2, -0.15) is 4.31 Å². The Morgan fingerprint density at radius 2 is 1.50 bits per heavy atom. The molecule has 0 aromatic heterocycles. The predicted octanol–water partition coefficient (Wildman–Crippen LogP) is 2.55. The van der Waals surface area contributed by atoms with Crippen molar-refractivity contribution in [3.63, 3.8) is 0 Å². The van der Waals surface area contributed by atoms with Crippen molar-refractivity contribution in [2.45, 2.75) is 130 Å². The molecule has 1 aliphatic carbocycles. The Bertz CT molecular complexity index is 1290. The van der Waals surface area contributed by atoms with Crippen molar-refractivity contribution in [1.82, 2.24) is 30.5 Å². The van der Waals surface area contributed by atoms with Crippen molar-refractivity contribution >= 4 is 39.6 Å². The molecule has 0 radical (unpaired) electrons. The molecule has 3 fully saturated rings. The zero-order valence-electron chi connectivity index (χ0n) is 30.3. The maximum absolute atomic E-state index is 14.6. The second-order valence-electron chi connectivity index (χ2n) is 16.0. The SMILES string of the molecule is CCCC(NC(=O)[C@@H]1[C@@H](C(C)(C)C)CCN1C(=O)[C@@H](NC(=O)N[C@H](CN1CCCS1(=O)=O)C(C)(C)C)C1CCCCC1)C(=O)C(=O)NC. The molecule has 5 atom stereocenters. The van der Waals surface area contributed by atoms with E-state index in [1.165, 1.54) is 11.4 Å². The van der Waals surface area contributed by atoms with Crippen molar-refractivity contribution in [3.8, 4) is 0 Å². The van der Waals surface area contributed by atoms with Crippen LogP contribution in [0, 0.1) is 22.7 Å². The average molecular weight is 697 g/mol. The highest BCUT2D eigenvalue weighted by Gasteiger charge is 2.49. The quantitative estimate of drug-likeness (QED) is 0.227. The third kappa shape index (κ3) is 9.92. The minimum absolute atomic E-state index is 0.0909. The summed E-state index contributed by atoms with van der Waals surface area (Å²) in [6, 6.07) is -3.88. The summed E-state index contributed by atoms with van der Waals surface area (Å²) in [5, 5.41) is 11.1. The minimum atomic E-state index is -3.38. The molecule has 4 N–H and O–H groups in total. The Balaban J connectivity index is 1.90. The van der Waals surface area contributed by atoms with Crippen molar-refractivity contribution in [3.05, 3.63) is 0 Å². The van der Waals surface area contributed by atoms with Gasteiger partial charge in [-0.25, -0.2) is 13.2 Å². The van der Waals surface area contributed by atoms with Crippen LogP contribution in [0.1, 0.15) is 106 Å². The number of urea groups is 1. The van der Waals surface area contributed by atoms with E-state index in [1.54, 1.807) is 4.90 Å². The monoisotopic (exact) mass is 696 g/mol. The second-order valence-corrected chi connectivity index (χ2v) is 18.1. The van der Waals surface area contributed by atoms with Gasteiger partial charge in [-0.3, -0.25) is 19.2 Å². The third-order valence-electron chi connectivity index (χ3n) is 10.3. The van der Waals surface area contributed by atoms with E-state index in [4.69, 9.17) is 0 Å². The smallest absolute Gasteiger partial charge is 0.315 e. The van der Waals surface area contributed by atoms with Gasteiger partial charge in [0.05, 0.1) is 11.8 Å². The number of ketones is 1. The lowest BCUT2D eigenvalue weighted by Gasteiger charge is -2.39. The van der Waals surface area contributed by atoms with Crippen LogP contribution in [0.2, 0.25) is 0 Å². The lowest BCUT2D eigenvalue weighted by atomic mass is 9.75. The fourth-order valence-corrected chi connectivity index (χ4v) is 8.91. The number of likely N-dealkylation sites (N-methyl/N-ethyl adjacent to an activating group) is 1. The number of hydrogen-bond acceptors (Lipinski definition) is 7. The molecule has 2 heterocycles. The first-order valence-electron chi connectivity index (χ1n) is 17.7. The van der Waals surface area contributed by atoms with Gasteiger partial charge < -0.3 is 26.2 Å².